The number of H-pyrrole nitrogens is 1. The predicted octanol–water partition coefficient (Wildman–Crippen LogP) is 4.88. The molecule has 2 aromatic carbocycles. The Morgan fingerprint density at radius 2 is 1.69 bits per heavy atom. The summed E-state index contributed by atoms with van der Waals surface area (Å²) in [5, 5.41) is 2.92. The standard InChI is InChI=1S/C23H22N2O3.CH4/c1-4-19-17-12-22(28-3)21(27-2)11-16(17)18(23(26)25-19)10-14-9-15-7-5-6-8-20(15)24-13-14;/h5-9,11-13H,4,10H2,1-3H3,(H,25,26);1H4. The smallest absolute Gasteiger partial charge is 0.252 e. The number of aryl methyl sites for hydroxylation is 1. The highest BCUT2D eigenvalue weighted by Crippen LogP contribution is 2.34. The summed E-state index contributed by atoms with van der Waals surface area (Å²) >= 11 is 0. The lowest BCUT2D eigenvalue weighted by Gasteiger charge is -2.14. The number of aromatic nitrogens is 2. The first kappa shape index (κ1) is 20.4. The van der Waals surface area contributed by atoms with Gasteiger partial charge in [0.05, 0.1) is 19.7 Å². The topological polar surface area (TPSA) is 64.2 Å². The summed E-state index contributed by atoms with van der Waals surface area (Å²) in [5.41, 5.74) is 3.44. The second kappa shape index (κ2) is 8.35. The zero-order valence-corrected chi connectivity index (χ0v) is 16.2. The van der Waals surface area contributed by atoms with Crippen molar-refractivity contribution in [3.8, 4) is 11.5 Å². The van der Waals surface area contributed by atoms with E-state index in [1.54, 1.807) is 14.2 Å². The fourth-order valence-electron chi connectivity index (χ4n) is 3.65. The fourth-order valence-corrected chi connectivity index (χ4v) is 3.65. The first-order chi connectivity index (χ1) is 13.6. The third-order valence-corrected chi connectivity index (χ3v) is 5.09. The lowest BCUT2D eigenvalue weighted by atomic mass is 9.97. The number of hydrogen-bond acceptors (Lipinski definition) is 4. The highest BCUT2D eigenvalue weighted by atomic mass is 16.5. The van der Waals surface area contributed by atoms with Gasteiger partial charge in [0.1, 0.15) is 0 Å². The van der Waals surface area contributed by atoms with Crippen LogP contribution in [0, 0.1) is 0 Å². The van der Waals surface area contributed by atoms with Crippen molar-refractivity contribution < 1.29 is 9.47 Å². The van der Waals surface area contributed by atoms with E-state index in [9.17, 15) is 4.79 Å². The molecular weight excluding hydrogens is 364 g/mol. The van der Waals surface area contributed by atoms with Crippen LogP contribution in [0.15, 0.2) is 53.5 Å². The minimum atomic E-state index is -0.0790. The molecule has 0 fully saturated rings. The van der Waals surface area contributed by atoms with Crippen molar-refractivity contribution in [2.45, 2.75) is 27.2 Å². The molecule has 0 saturated carbocycles. The van der Waals surface area contributed by atoms with E-state index in [1.165, 1.54) is 0 Å². The van der Waals surface area contributed by atoms with Crippen molar-refractivity contribution in [2.24, 2.45) is 0 Å². The molecule has 0 unspecified atom stereocenters. The van der Waals surface area contributed by atoms with Gasteiger partial charge < -0.3 is 14.5 Å². The molecule has 0 atom stereocenters. The Hall–Kier alpha value is -3.34. The van der Waals surface area contributed by atoms with Crippen LogP contribution < -0.4 is 15.0 Å². The molecule has 0 spiro atoms. The molecule has 4 rings (SSSR count). The maximum atomic E-state index is 12.9. The van der Waals surface area contributed by atoms with Gasteiger partial charge in [-0.05, 0) is 41.6 Å². The molecule has 2 heterocycles. The molecule has 150 valence electrons. The van der Waals surface area contributed by atoms with Crippen LogP contribution in [-0.4, -0.2) is 24.2 Å². The largest absolute Gasteiger partial charge is 0.493 e. The van der Waals surface area contributed by atoms with Gasteiger partial charge in [0.25, 0.3) is 5.56 Å². The Balaban J connectivity index is 0.00000240. The number of aromatic amines is 1. The Labute approximate surface area is 170 Å². The molecule has 5 nitrogen and oxygen atoms in total. The lowest BCUT2D eigenvalue weighted by molar-refractivity contribution is 0.356. The fraction of sp³-hybridized carbons (Fsp3) is 0.250. The van der Waals surface area contributed by atoms with Gasteiger partial charge in [-0.15, -0.1) is 0 Å². The predicted molar refractivity (Wildman–Crippen MR) is 118 cm³/mol. The maximum absolute atomic E-state index is 12.9. The van der Waals surface area contributed by atoms with Crippen molar-refractivity contribution in [1.29, 1.82) is 0 Å². The summed E-state index contributed by atoms with van der Waals surface area (Å²) in [6, 6.07) is 13.9. The van der Waals surface area contributed by atoms with Crippen molar-refractivity contribution in [3.63, 3.8) is 0 Å². The highest BCUT2D eigenvalue weighted by molar-refractivity contribution is 5.91. The van der Waals surface area contributed by atoms with E-state index >= 15 is 0 Å². The quantitative estimate of drug-likeness (QED) is 0.527. The number of nitrogens with zero attached hydrogens (tertiary/aromatic N) is 1. The number of para-hydroxylation sites is 1. The number of pyridine rings is 2. The summed E-state index contributed by atoms with van der Waals surface area (Å²) in [4.78, 5) is 20.5. The number of fused-ring (bicyclic) bond motifs is 2. The van der Waals surface area contributed by atoms with E-state index in [4.69, 9.17) is 9.47 Å². The van der Waals surface area contributed by atoms with Crippen molar-refractivity contribution >= 4 is 21.7 Å². The Morgan fingerprint density at radius 1 is 1.00 bits per heavy atom. The molecule has 0 bridgehead atoms. The third kappa shape index (κ3) is 3.68. The van der Waals surface area contributed by atoms with Gasteiger partial charge in [-0.3, -0.25) is 9.78 Å². The zero-order valence-electron chi connectivity index (χ0n) is 16.2. The van der Waals surface area contributed by atoms with Gasteiger partial charge in [0.15, 0.2) is 11.5 Å². The van der Waals surface area contributed by atoms with Gasteiger partial charge in [-0.25, -0.2) is 0 Å². The third-order valence-electron chi connectivity index (χ3n) is 5.09. The van der Waals surface area contributed by atoms with Gasteiger partial charge in [0, 0.05) is 34.6 Å². The zero-order chi connectivity index (χ0) is 19.7. The minimum Gasteiger partial charge on any atom is -0.493 e. The number of methoxy groups -OCH3 is 2. The molecule has 0 saturated heterocycles. The Morgan fingerprint density at radius 3 is 2.38 bits per heavy atom. The molecule has 0 amide bonds. The number of nitrogens with one attached hydrogen (secondary N) is 1. The molecule has 1 N–H and O–H groups in total. The van der Waals surface area contributed by atoms with Gasteiger partial charge in [0.2, 0.25) is 0 Å². The molecule has 0 aliphatic heterocycles. The van der Waals surface area contributed by atoms with E-state index in [0.717, 1.165) is 39.4 Å². The van der Waals surface area contributed by atoms with Crippen LogP contribution in [0.3, 0.4) is 0 Å². The molecule has 4 aromatic rings. The summed E-state index contributed by atoms with van der Waals surface area (Å²) in [6.07, 6.45) is 3.05. The number of rotatable bonds is 5. The first-order valence-electron chi connectivity index (χ1n) is 9.28. The van der Waals surface area contributed by atoms with Crippen molar-refractivity contribution in [2.75, 3.05) is 14.2 Å². The maximum Gasteiger partial charge on any atom is 0.252 e. The summed E-state index contributed by atoms with van der Waals surface area (Å²) in [6.45, 7) is 2.02. The number of benzene rings is 2. The molecular formula is C24H26N2O3. The molecule has 0 aliphatic carbocycles. The monoisotopic (exact) mass is 390 g/mol. The number of ether oxygens (including phenoxy) is 2. The number of hydrogen-bond donors (Lipinski definition) is 1. The summed E-state index contributed by atoms with van der Waals surface area (Å²) < 4.78 is 10.9. The lowest BCUT2D eigenvalue weighted by Crippen LogP contribution is -2.16. The Kier molecular flexibility index (Phi) is 5.87. The average Bonchev–Trinajstić information content (AvgIpc) is 2.74. The van der Waals surface area contributed by atoms with Crippen LogP contribution in [-0.2, 0) is 12.8 Å². The normalized spacial score (nSPS) is 10.7. The second-order valence-electron chi connectivity index (χ2n) is 6.73. The molecule has 0 aliphatic rings. The van der Waals surface area contributed by atoms with Gasteiger partial charge in [-0.1, -0.05) is 32.5 Å². The van der Waals surface area contributed by atoms with E-state index in [-0.39, 0.29) is 13.0 Å². The average molecular weight is 390 g/mol. The first-order valence-corrected chi connectivity index (χ1v) is 9.28. The van der Waals surface area contributed by atoms with Crippen LogP contribution in [0.25, 0.3) is 21.7 Å². The molecule has 5 heteroatoms. The highest BCUT2D eigenvalue weighted by Gasteiger charge is 2.15. The van der Waals surface area contributed by atoms with Crippen molar-refractivity contribution in [1.82, 2.24) is 9.97 Å². The van der Waals surface area contributed by atoms with Crippen LogP contribution >= 0.6 is 0 Å². The van der Waals surface area contributed by atoms with E-state index in [2.05, 4.69) is 16.0 Å². The SMILES string of the molecule is C.CCc1[nH]c(=O)c(Cc2cnc3ccccc3c2)c2cc(OC)c(OC)cc12. The molecule has 0 radical (unpaired) electrons. The van der Waals surface area contributed by atoms with Crippen LogP contribution in [0.2, 0.25) is 0 Å². The van der Waals surface area contributed by atoms with E-state index in [1.807, 2.05) is 49.5 Å². The van der Waals surface area contributed by atoms with Gasteiger partial charge in [-0.2, -0.15) is 0 Å². The van der Waals surface area contributed by atoms with E-state index < -0.39 is 0 Å². The van der Waals surface area contributed by atoms with E-state index in [0.29, 0.717) is 23.5 Å². The van der Waals surface area contributed by atoms with Gasteiger partial charge >= 0.3 is 0 Å². The van der Waals surface area contributed by atoms with Crippen molar-refractivity contribution in [3.05, 3.63) is 75.8 Å². The summed E-state index contributed by atoms with van der Waals surface area (Å²) in [7, 11) is 3.22. The summed E-state index contributed by atoms with van der Waals surface area (Å²) in [5.74, 6) is 1.26. The molecule has 2 aromatic heterocycles. The van der Waals surface area contributed by atoms with Crippen LogP contribution in [0.1, 0.15) is 31.2 Å². The van der Waals surface area contributed by atoms with Crippen LogP contribution in [0.4, 0.5) is 0 Å². The van der Waals surface area contributed by atoms with Crippen LogP contribution in [0.5, 0.6) is 11.5 Å². The molecule has 29 heavy (non-hydrogen) atoms. The second-order valence-corrected chi connectivity index (χ2v) is 6.73. The Bertz CT molecular complexity index is 1230. The minimum absolute atomic E-state index is 0.